The summed E-state index contributed by atoms with van der Waals surface area (Å²) in [6.45, 7) is 12.5. The van der Waals surface area contributed by atoms with Crippen molar-refractivity contribution in [3.05, 3.63) is 70.3 Å². The number of carbonyl (C=O) groups excluding carboxylic acids is 1. The fourth-order valence-electron chi connectivity index (χ4n) is 3.83. The number of amides is 1. The van der Waals surface area contributed by atoms with Crippen LogP contribution in [0, 0.1) is 18.3 Å². The molecule has 1 aromatic heterocycles. The lowest BCUT2D eigenvalue weighted by molar-refractivity contribution is -0.142. The summed E-state index contributed by atoms with van der Waals surface area (Å²) in [6.07, 6.45) is 0.844. The van der Waals surface area contributed by atoms with Gasteiger partial charge < -0.3 is 4.90 Å². The average Bonchev–Trinajstić information content (AvgIpc) is 2.79. The van der Waals surface area contributed by atoms with E-state index in [1.54, 1.807) is 10.6 Å². The lowest BCUT2D eigenvalue weighted by Crippen LogP contribution is -2.45. The molecule has 0 saturated heterocycles. The summed E-state index contributed by atoms with van der Waals surface area (Å²) in [4.78, 5) is 34.0. The Balaban J connectivity index is 2.23. The van der Waals surface area contributed by atoms with Crippen LogP contribution in [0.2, 0.25) is 0 Å². The minimum Gasteiger partial charge on any atom is -0.332 e. The molecule has 0 radical (unpaired) electrons. The van der Waals surface area contributed by atoms with E-state index in [1.165, 1.54) is 0 Å². The van der Waals surface area contributed by atoms with E-state index in [4.69, 9.17) is 16.6 Å². The van der Waals surface area contributed by atoms with E-state index in [2.05, 4.69) is 13.8 Å². The van der Waals surface area contributed by atoms with Crippen LogP contribution in [0.3, 0.4) is 0 Å². The van der Waals surface area contributed by atoms with E-state index >= 15 is 0 Å². The number of aryl methyl sites for hydroxylation is 1. The zero-order chi connectivity index (χ0) is 24.3. The maximum atomic E-state index is 13.6. The molecule has 1 amide bonds. The van der Waals surface area contributed by atoms with Gasteiger partial charge >= 0.3 is 0 Å². The normalized spacial score (nSPS) is 12.8. The van der Waals surface area contributed by atoms with E-state index < -0.39 is 11.5 Å². The van der Waals surface area contributed by atoms with E-state index in [9.17, 15) is 9.59 Å². The third-order valence-corrected chi connectivity index (χ3v) is 6.72. The zero-order valence-corrected chi connectivity index (χ0v) is 21.2. The fraction of sp³-hybridized carbons (Fsp3) is 0.444. The van der Waals surface area contributed by atoms with Gasteiger partial charge in [-0.25, -0.2) is 4.98 Å². The third kappa shape index (κ3) is 5.30. The van der Waals surface area contributed by atoms with Crippen molar-refractivity contribution >= 4 is 28.4 Å². The maximum absolute atomic E-state index is 13.6. The number of nitrogens with zero attached hydrogens (tertiary/aromatic N) is 3. The van der Waals surface area contributed by atoms with Gasteiger partial charge in [0, 0.05) is 12.4 Å². The van der Waals surface area contributed by atoms with E-state index in [1.807, 2.05) is 75.1 Å². The SMILES string of the molecule is Cc1ccc(-n2c(C(C)N(CCC(C)C)C(=O)C(C)(C)CCl)nc3ccccc3c2=O)cc1. The molecule has 0 spiro atoms. The number of alkyl halides is 1. The molecule has 0 bridgehead atoms. The first-order valence-electron chi connectivity index (χ1n) is 11.5. The molecule has 0 aliphatic heterocycles. The average molecular weight is 468 g/mol. The number of aromatic nitrogens is 2. The number of rotatable bonds is 8. The highest BCUT2D eigenvalue weighted by atomic mass is 35.5. The monoisotopic (exact) mass is 467 g/mol. The van der Waals surface area contributed by atoms with Crippen LogP contribution in [-0.4, -0.2) is 32.8 Å². The van der Waals surface area contributed by atoms with E-state index in [0.717, 1.165) is 17.7 Å². The van der Waals surface area contributed by atoms with Gasteiger partial charge in [0.05, 0.1) is 28.0 Å². The Morgan fingerprint density at radius 3 is 2.33 bits per heavy atom. The van der Waals surface area contributed by atoms with Crippen LogP contribution < -0.4 is 5.56 Å². The summed E-state index contributed by atoms with van der Waals surface area (Å²) in [6, 6.07) is 14.7. The Morgan fingerprint density at radius 1 is 1.09 bits per heavy atom. The van der Waals surface area contributed by atoms with Crippen LogP contribution in [0.15, 0.2) is 53.3 Å². The lowest BCUT2D eigenvalue weighted by Gasteiger charge is -2.36. The molecule has 0 fully saturated rings. The van der Waals surface area contributed by atoms with Crippen molar-refractivity contribution in [2.75, 3.05) is 12.4 Å². The highest BCUT2D eigenvalue weighted by molar-refractivity contribution is 6.19. The molecule has 2 aromatic carbocycles. The molecule has 0 aliphatic carbocycles. The number of para-hydroxylation sites is 1. The van der Waals surface area contributed by atoms with Crippen LogP contribution in [0.4, 0.5) is 0 Å². The van der Waals surface area contributed by atoms with Crippen LogP contribution in [-0.2, 0) is 4.79 Å². The van der Waals surface area contributed by atoms with Crippen molar-refractivity contribution in [2.45, 2.75) is 54.0 Å². The summed E-state index contributed by atoms with van der Waals surface area (Å²) >= 11 is 6.17. The zero-order valence-electron chi connectivity index (χ0n) is 20.4. The molecule has 1 heterocycles. The predicted octanol–water partition coefficient (Wildman–Crippen LogP) is 5.89. The largest absolute Gasteiger partial charge is 0.332 e. The molecule has 5 nitrogen and oxygen atoms in total. The molecule has 176 valence electrons. The highest BCUT2D eigenvalue weighted by Gasteiger charge is 2.35. The van der Waals surface area contributed by atoms with Crippen LogP contribution in [0.5, 0.6) is 0 Å². The Morgan fingerprint density at radius 2 is 1.73 bits per heavy atom. The second-order valence-corrected chi connectivity index (χ2v) is 10.1. The topological polar surface area (TPSA) is 55.2 Å². The van der Waals surface area contributed by atoms with Gasteiger partial charge in [0.1, 0.15) is 5.82 Å². The molecule has 0 N–H and O–H groups in total. The summed E-state index contributed by atoms with van der Waals surface area (Å²) in [5.74, 6) is 1.15. The number of halogens is 1. The smallest absolute Gasteiger partial charge is 0.266 e. The van der Waals surface area contributed by atoms with Gasteiger partial charge in [-0.2, -0.15) is 0 Å². The Kier molecular flexibility index (Phi) is 7.63. The first-order valence-corrected chi connectivity index (χ1v) is 12.1. The third-order valence-electron chi connectivity index (χ3n) is 6.06. The summed E-state index contributed by atoms with van der Waals surface area (Å²) < 4.78 is 1.65. The van der Waals surface area contributed by atoms with Crippen LogP contribution >= 0.6 is 11.6 Å². The Hall–Kier alpha value is -2.66. The minimum atomic E-state index is -0.724. The summed E-state index contributed by atoms with van der Waals surface area (Å²) in [5, 5.41) is 0.551. The molecular weight excluding hydrogens is 434 g/mol. The van der Waals surface area contributed by atoms with Gasteiger partial charge in [0.2, 0.25) is 5.91 Å². The van der Waals surface area contributed by atoms with Gasteiger partial charge in [-0.15, -0.1) is 11.6 Å². The van der Waals surface area contributed by atoms with Gasteiger partial charge in [0.25, 0.3) is 5.56 Å². The molecule has 1 unspecified atom stereocenters. The number of hydrogen-bond donors (Lipinski definition) is 0. The quantitative estimate of drug-likeness (QED) is 0.388. The minimum absolute atomic E-state index is 0.0384. The number of carbonyl (C=O) groups is 1. The second-order valence-electron chi connectivity index (χ2n) is 9.84. The van der Waals surface area contributed by atoms with Gasteiger partial charge in [-0.1, -0.05) is 43.7 Å². The molecule has 0 aliphatic rings. The maximum Gasteiger partial charge on any atom is 0.266 e. The van der Waals surface area contributed by atoms with Gasteiger partial charge in [-0.05, 0) is 64.3 Å². The highest BCUT2D eigenvalue weighted by Crippen LogP contribution is 2.29. The van der Waals surface area contributed by atoms with Crippen molar-refractivity contribution in [1.29, 1.82) is 0 Å². The van der Waals surface area contributed by atoms with Crippen LogP contribution in [0.25, 0.3) is 16.6 Å². The fourth-order valence-corrected chi connectivity index (χ4v) is 3.94. The first kappa shape index (κ1) is 25.0. The Bertz CT molecular complexity index is 1180. The van der Waals surface area contributed by atoms with E-state index in [-0.39, 0.29) is 17.3 Å². The van der Waals surface area contributed by atoms with Crippen molar-refractivity contribution in [3.63, 3.8) is 0 Å². The summed E-state index contributed by atoms with van der Waals surface area (Å²) in [5.41, 5.74) is 1.60. The van der Waals surface area contributed by atoms with Crippen LogP contribution in [0.1, 0.15) is 58.5 Å². The Labute approximate surface area is 201 Å². The lowest BCUT2D eigenvalue weighted by atomic mass is 9.93. The van der Waals surface area contributed by atoms with Gasteiger partial charge in [0.15, 0.2) is 0 Å². The predicted molar refractivity (Wildman–Crippen MR) is 136 cm³/mol. The summed E-state index contributed by atoms with van der Waals surface area (Å²) in [7, 11) is 0. The molecule has 0 saturated carbocycles. The number of fused-ring (bicyclic) bond motifs is 1. The van der Waals surface area contributed by atoms with Gasteiger partial charge in [-0.3, -0.25) is 14.2 Å². The molecular formula is C27H34ClN3O2. The second kappa shape index (κ2) is 10.1. The van der Waals surface area contributed by atoms with Crippen molar-refractivity contribution in [3.8, 4) is 5.69 Å². The van der Waals surface area contributed by atoms with Crippen molar-refractivity contribution < 1.29 is 4.79 Å². The molecule has 6 heteroatoms. The molecule has 1 atom stereocenters. The van der Waals surface area contributed by atoms with Crippen molar-refractivity contribution in [1.82, 2.24) is 14.5 Å². The standard InChI is InChI=1S/C27H34ClN3O2/c1-18(2)15-16-30(26(33)27(5,6)17-28)20(4)24-29-23-10-8-7-9-22(23)25(32)31(24)21-13-11-19(3)12-14-21/h7-14,18,20H,15-17H2,1-6H3. The first-order chi connectivity index (χ1) is 15.6. The number of benzene rings is 2. The number of hydrogen-bond acceptors (Lipinski definition) is 3. The molecule has 3 aromatic rings. The van der Waals surface area contributed by atoms with E-state index in [0.29, 0.717) is 29.2 Å². The molecule has 33 heavy (non-hydrogen) atoms. The molecule has 3 rings (SSSR count). The van der Waals surface area contributed by atoms with Crippen molar-refractivity contribution in [2.24, 2.45) is 11.3 Å².